The summed E-state index contributed by atoms with van der Waals surface area (Å²) >= 11 is 5.19. The number of hydrogen-bond donors (Lipinski definition) is 0. The molecule has 0 aliphatic rings. The molecule has 0 saturated carbocycles. The highest BCUT2D eigenvalue weighted by Gasteiger charge is 2.06. The van der Waals surface area contributed by atoms with Crippen LogP contribution in [0.4, 0.5) is 0 Å². The molecule has 0 aliphatic carbocycles. The zero-order valence-corrected chi connectivity index (χ0v) is 12.1. The van der Waals surface area contributed by atoms with Gasteiger partial charge < -0.3 is 0 Å². The monoisotopic (exact) mass is 321 g/mol. The fraction of sp³-hybridized carbons (Fsp3) is 0.231. The van der Waals surface area contributed by atoms with Gasteiger partial charge in [0.05, 0.1) is 12.2 Å². The number of nitrogens with zero attached hydrogens (tertiary/aromatic N) is 3. The van der Waals surface area contributed by atoms with E-state index >= 15 is 0 Å². The third-order valence-electron chi connectivity index (χ3n) is 2.83. The quantitative estimate of drug-likeness (QED) is 0.689. The van der Waals surface area contributed by atoms with E-state index in [1.54, 1.807) is 11.3 Å². The van der Waals surface area contributed by atoms with Crippen molar-refractivity contribution in [3.8, 4) is 0 Å². The molecule has 0 saturated heterocycles. The third kappa shape index (κ3) is 2.33. The van der Waals surface area contributed by atoms with Crippen LogP contribution in [0, 0.1) is 0 Å². The van der Waals surface area contributed by atoms with Crippen LogP contribution >= 0.6 is 27.3 Å². The van der Waals surface area contributed by atoms with Gasteiger partial charge in [0, 0.05) is 22.6 Å². The summed E-state index contributed by atoms with van der Waals surface area (Å²) in [7, 11) is 0. The van der Waals surface area contributed by atoms with Crippen LogP contribution in [0.15, 0.2) is 35.8 Å². The number of hydrogen-bond acceptors (Lipinski definition) is 3. The van der Waals surface area contributed by atoms with Crippen LogP contribution < -0.4 is 0 Å². The first-order valence-electron chi connectivity index (χ1n) is 5.77. The van der Waals surface area contributed by atoms with Crippen LogP contribution in [-0.2, 0) is 13.0 Å². The van der Waals surface area contributed by atoms with Crippen molar-refractivity contribution in [3.63, 3.8) is 0 Å². The molecule has 0 fully saturated rings. The average Bonchev–Trinajstić information content (AvgIpc) is 2.99. The molecular formula is C13H12BrN3S. The number of rotatable bonds is 4. The Labute approximate surface area is 118 Å². The molecule has 3 nitrogen and oxygen atoms in total. The van der Waals surface area contributed by atoms with E-state index in [-0.39, 0.29) is 0 Å². The summed E-state index contributed by atoms with van der Waals surface area (Å²) in [5.41, 5.74) is 2.34. The van der Waals surface area contributed by atoms with Gasteiger partial charge in [-0.1, -0.05) is 39.3 Å². The van der Waals surface area contributed by atoms with Crippen LogP contribution in [0.1, 0.15) is 11.3 Å². The minimum atomic E-state index is 0.791. The van der Waals surface area contributed by atoms with Crippen LogP contribution in [0.3, 0.4) is 0 Å². The zero-order valence-electron chi connectivity index (χ0n) is 9.71. The Morgan fingerprint density at radius 2 is 2.17 bits per heavy atom. The van der Waals surface area contributed by atoms with Gasteiger partial charge in [-0.25, -0.2) is 4.68 Å². The highest BCUT2D eigenvalue weighted by molar-refractivity contribution is 9.09. The molecule has 0 amide bonds. The maximum atomic E-state index is 4.17. The topological polar surface area (TPSA) is 30.7 Å². The van der Waals surface area contributed by atoms with E-state index in [1.807, 2.05) is 10.9 Å². The summed E-state index contributed by atoms with van der Waals surface area (Å²) in [6.07, 6.45) is 2.94. The lowest BCUT2D eigenvalue weighted by Gasteiger charge is -1.98. The van der Waals surface area contributed by atoms with Gasteiger partial charge in [0.2, 0.25) is 0 Å². The second kappa shape index (κ2) is 5.20. The lowest BCUT2D eigenvalue weighted by atomic mass is 10.2. The van der Waals surface area contributed by atoms with Crippen LogP contribution in [-0.4, -0.2) is 20.3 Å². The van der Waals surface area contributed by atoms with E-state index in [0.29, 0.717) is 0 Å². The summed E-state index contributed by atoms with van der Waals surface area (Å²) in [6.45, 7) is 0.791. The van der Waals surface area contributed by atoms with Crippen molar-refractivity contribution in [2.45, 2.75) is 13.0 Å². The molecule has 2 aromatic heterocycles. The van der Waals surface area contributed by atoms with Crippen molar-refractivity contribution in [3.05, 3.63) is 47.1 Å². The first kappa shape index (κ1) is 11.9. The van der Waals surface area contributed by atoms with Gasteiger partial charge in [-0.05, 0) is 22.4 Å². The summed E-state index contributed by atoms with van der Waals surface area (Å²) in [6, 6.07) is 8.47. The molecule has 0 aliphatic heterocycles. The van der Waals surface area contributed by atoms with E-state index in [4.69, 9.17) is 0 Å². The lowest BCUT2D eigenvalue weighted by Crippen LogP contribution is -1.99. The van der Waals surface area contributed by atoms with Gasteiger partial charge in [0.15, 0.2) is 0 Å². The molecule has 0 spiro atoms. The highest BCUT2D eigenvalue weighted by Crippen LogP contribution is 2.26. The normalized spacial score (nSPS) is 11.2. The molecule has 3 rings (SSSR count). The third-order valence-corrected chi connectivity index (χ3v) is 4.24. The maximum absolute atomic E-state index is 4.17. The predicted octanol–water partition coefficient (Wildman–Crippen LogP) is 3.48. The molecule has 5 heteroatoms. The predicted molar refractivity (Wildman–Crippen MR) is 78.4 cm³/mol. The van der Waals surface area contributed by atoms with Crippen LogP contribution in [0.25, 0.3) is 10.1 Å². The smallest absolute Gasteiger partial charge is 0.0835 e. The maximum Gasteiger partial charge on any atom is 0.0835 e. The molecule has 0 bridgehead atoms. The Balaban J connectivity index is 1.87. The molecule has 92 valence electrons. The van der Waals surface area contributed by atoms with Crippen molar-refractivity contribution >= 4 is 37.4 Å². The van der Waals surface area contributed by atoms with E-state index in [9.17, 15) is 0 Å². The largest absolute Gasteiger partial charge is 0.248 e. The van der Waals surface area contributed by atoms with Gasteiger partial charge in [0.1, 0.15) is 0 Å². The van der Waals surface area contributed by atoms with E-state index in [0.717, 1.165) is 24.0 Å². The average molecular weight is 322 g/mol. The Hall–Kier alpha value is -1.20. The van der Waals surface area contributed by atoms with Crippen molar-refractivity contribution < 1.29 is 0 Å². The number of thiophene rings is 1. The molecule has 0 unspecified atom stereocenters. The lowest BCUT2D eigenvalue weighted by molar-refractivity contribution is 0.653. The van der Waals surface area contributed by atoms with E-state index in [2.05, 4.69) is 55.9 Å². The summed E-state index contributed by atoms with van der Waals surface area (Å²) in [5.74, 6) is 0. The van der Waals surface area contributed by atoms with Gasteiger partial charge >= 0.3 is 0 Å². The number of aryl methyl sites for hydroxylation is 1. The Bertz CT molecular complexity index is 659. The Morgan fingerprint density at radius 3 is 3.06 bits per heavy atom. The van der Waals surface area contributed by atoms with Gasteiger partial charge in [0.25, 0.3) is 0 Å². The van der Waals surface area contributed by atoms with Crippen molar-refractivity contribution in [1.29, 1.82) is 0 Å². The Morgan fingerprint density at radius 1 is 1.28 bits per heavy atom. The van der Waals surface area contributed by atoms with Gasteiger partial charge in [-0.2, -0.15) is 0 Å². The highest BCUT2D eigenvalue weighted by atomic mass is 79.9. The minimum Gasteiger partial charge on any atom is -0.248 e. The van der Waals surface area contributed by atoms with Gasteiger partial charge in [-0.15, -0.1) is 16.4 Å². The zero-order chi connectivity index (χ0) is 12.4. The molecule has 18 heavy (non-hydrogen) atoms. The second-order valence-corrected chi connectivity index (χ2v) is 5.81. The van der Waals surface area contributed by atoms with Crippen LogP contribution in [0.2, 0.25) is 0 Å². The summed E-state index contributed by atoms with van der Waals surface area (Å²) in [4.78, 5) is 0. The van der Waals surface area contributed by atoms with E-state index in [1.165, 1.54) is 15.6 Å². The summed E-state index contributed by atoms with van der Waals surface area (Å²) in [5, 5.41) is 12.8. The molecule has 0 N–H and O–H groups in total. The van der Waals surface area contributed by atoms with Crippen molar-refractivity contribution in [1.82, 2.24) is 15.0 Å². The fourth-order valence-electron chi connectivity index (χ4n) is 1.96. The summed E-state index contributed by atoms with van der Waals surface area (Å²) < 4.78 is 3.24. The Kier molecular flexibility index (Phi) is 3.43. The number of halogens is 1. The SMILES string of the molecule is BrCCc1cn(Cc2csc3ccccc23)nn1. The minimum absolute atomic E-state index is 0.791. The molecule has 0 atom stereocenters. The first-order valence-corrected chi connectivity index (χ1v) is 7.77. The number of alkyl halides is 1. The molecule has 3 aromatic rings. The first-order chi connectivity index (χ1) is 8.86. The van der Waals surface area contributed by atoms with E-state index < -0.39 is 0 Å². The van der Waals surface area contributed by atoms with Crippen molar-refractivity contribution in [2.24, 2.45) is 0 Å². The van der Waals surface area contributed by atoms with Crippen molar-refractivity contribution in [2.75, 3.05) is 5.33 Å². The molecule has 0 radical (unpaired) electrons. The molecular weight excluding hydrogens is 310 g/mol. The van der Waals surface area contributed by atoms with Crippen LogP contribution in [0.5, 0.6) is 0 Å². The second-order valence-electron chi connectivity index (χ2n) is 4.10. The number of fused-ring (bicyclic) bond motifs is 1. The number of aromatic nitrogens is 3. The molecule has 1 aromatic carbocycles. The fourth-order valence-corrected chi connectivity index (χ4v) is 3.32. The number of benzene rings is 1. The standard InChI is InChI=1S/C13H12BrN3S/c14-6-5-11-8-17(16-15-11)7-10-9-18-13-4-2-1-3-12(10)13/h1-4,8-9H,5-7H2. The van der Waals surface area contributed by atoms with Gasteiger partial charge in [-0.3, -0.25) is 0 Å². The molecule has 2 heterocycles.